The molecular formula is C17H15N5O. The molecule has 2 aromatic heterocycles. The van der Waals surface area contributed by atoms with Gasteiger partial charge in [0.1, 0.15) is 0 Å². The molecule has 0 bridgehead atoms. The summed E-state index contributed by atoms with van der Waals surface area (Å²) in [6, 6.07) is 12.3. The van der Waals surface area contributed by atoms with Crippen molar-refractivity contribution >= 4 is 17.4 Å². The second-order valence-corrected chi connectivity index (χ2v) is 4.91. The molecule has 2 amide bonds. The molecule has 0 aliphatic carbocycles. The second-order valence-electron chi connectivity index (χ2n) is 4.91. The molecule has 0 radical (unpaired) electrons. The van der Waals surface area contributed by atoms with E-state index in [2.05, 4.69) is 25.6 Å². The summed E-state index contributed by atoms with van der Waals surface area (Å²) in [6.07, 6.45) is 5.04. The number of hydrogen-bond acceptors (Lipinski definition) is 4. The van der Waals surface area contributed by atoms with Crippen LogP contribution in [0, 0.1) is 6.92 Å². The van der Waals surface area contributed by atoms with Crippen LogP contribution in [0.3, 0.4) is 0 Å². The lowest BCUT2D eigenvalue weighted by Gasteiger charge is -2.08. The normalized spacial score (nSPS) is 10.1. The van der Waals surface area contributed by atoms with Crippen LogP contribution < -0.4 is 10.6 Å². The maximum Gasteiger partial charge on any atom is 0.323 e. The lowest BCUT2D eigenvalue weighted by molar-refractivity contribution is 0.262. The van der Waals surface area contributed by atoms with E-state index in [1.807, 2.05) is 31.2 Å². The Hall–Kier alpha value is -3.28. The molecular weight excluding hydrogens is 290 g/mol. The molecule has 3 rings (SSSR count). The summed E-state index contributed by atoms with van der Waals surface area (Å²) in [5, 5.41) is 5.54. The van der Waals surface area contributed by atoms with Gasteiger partial charge < -0.3 is 10.6 Å². The molecule has 114 valence electrons. The Morgan fingerprint density at radius 2 is 1.57 bits per heavy atom. The molecule has 0 saturated heterocycles. The molecule has 0 unspecified atom stereocenters. The molecule has 1 aromatic carbocycles. The van der Waals surface area contributed by atoms with Crippen LogP contribution in [0.25, 0.3) is 11.4 Å². The number of nitrogens with one attached hydrogen (secondary N) is 2. The number of aryl methyl sites for hydroxylation is 1. The molecule has 3 aromatic rings. The number of rotatable bonds is 3. The Bertz CT molecular complexity index is 803. The highest BCUT2D eigenvalue weighted by Gasteiger charge is 2.04. The summed E-state index contributed by atoms with van der Waals surface area (Å²) in [4.78, 5) is 24.4. The van der Waals surface area contributed by atoms with Gasteiger partial charge in [-0.05, 0) is 49.4 Å². The predicted molar refractivity (Wildman–Crippen MR) is 89.1 cm³/mol. The zero-order valence-electron chi connectivity index (χ0n) is 12.5. The largest absolute Gasteiger partial charge is 0.323 e. The van der Waals surface area contributed by atoms with Crippen LogP contribution in [-0.4, -0.2) is 21.0 Å². The maximum atomic E-state index is 12.0. The molecule has 6 nitrogen and oxygen atoms in total. The zero-order valence-corrected chi connectivity index (χ0v) is 12.5. The van der Waals surface area contributed by atoms with Gasteiger partial charge >= 0.3 is 6.03 Å². The van der Waals surface area contributed by atoms with Crippen LogP contribution in [-0.2, 0) is 0 Å². The van der Waals surface area contributed by atoms with Gasteiger partial charge in [-0.25, -0.2) is 14.8 Å². The maximum absolute atomic E-state index is 12.0. The number of hydrogen-bond donors (Lipinski definition) is 2. The first-order valence-electron chi connectivity index (χ1n) is 7.09. The molecule has 0 aliphatic rings. The Labute approximate surface area is 133 Å². The summed E-state index contributed by atoms with van der Waals surface area (Å²) in [6.45, 7) is 1.87. The van der Waals surface area contributed by atoms with Crippen molar-refractivity contribution in [2.24, 2.45) is 0 Å². The van der Waals surface area contributed by atoms with Crippen molar-refractivity contribution in [1.29, 1.82) is 0 Å². The summed E-state index contributed by atoms with van der Waals surface area (Å²) < 4.78 is 0. The van der Waals surface area contributed by atoms with E-state index in [9.17, 15) is 4.79 Å². The first-order valence-corrected chi connectivity index (χ1v) is 7.09. The molecule has 0 aliphatic heterocycles. The monoisotopic (exact) mass is 305 g/mol. The Morgan fingerprint density at radius 3 is 2.26 bits per heavy atom. The van der Waals surface area contributed by atoms with Crippen molar-refractivity contribution in [3.05, 3.63) is 66.7 Å². The van der Waals surface area contributed by atoms with Gasteiger partial charge in [0.15, 0.2) is 5.82 Å². The van der Waals surface area contributed by atoms with E-state index in [1.165, 1.54) is 0 Å². The van der Waals surface area contributed by atoms with E-state index in [-0.39, 0.29) is 6.03 Å². The minimum absolute atomic E-state index is 0.306. The number of carbonyl (C=O) groups excluding carboxylic acids is 1. The van der Waals surface area contributed by atoms with Gasteiger partial charge in [0, 0.05) is 41.2 Å². The van der Waals surface area contributed by atoms with E-state index in [4.69, 9.17) is 0 Å². The fraction of sp³-hybridized carbons (Fsp3) is 0.0588. The summed E-state index contributed by atoms with van der Waals surface area (Å²) >= 11 is 0. The van der Waals surface area contributed by atoms with Crippen molar-refractivity contribution in [3.63, 3.8) is 0 Å². The number of carbonyl (C=O) groups is 1. The van der Waals surface area contributed by atoms with Crippen molar-refractivity contribution in [2.75, 3.05) is 10.6 Å². The number of aromatic nitrogens is 3. The summed E-state index contributed by atoms with van der Waals surface area (Å²) in [5.74, 6) is 0.649. The average Bonchev–Trinajstić information content (AvgIpc) is 2.56. The van der Waals surface area contributed by atoms with Gasteiger partial charge in [-0.3, -0.25) is 4.98 Å². The molecule has 0 fully saturated rings. The topological polar surface area (TPSA) is 79.8 Å². The molecule has 23 heavy (non-hydrogen) atoms. The SMILES string of the molecule is Cc1cc(NC(=O)Nc2ccc(-c3ncccn3)cc2)ccn1. The fourth-order valence-electron chi connectivity index (χ4n) is 2.07. The third-order valence-electron chi connectivity index (χ3n) is 3.12. The van der Waals surface area contributed by atoms with E-state index in [0.29, 0.717) is 17.2 Å². The quantitative estimate of drug-likeness (QED) is 0.776. The van der Waals surface area contributed by atoms with Crippen LogP contribution >= 0.6 is 0 Å². The number of nitrogens with zero attached hydrogens (tertiary/aromatic N) is 3. The van der Waals surface area contributed by atoms with Gasteiger partial charge in [0.05, 0.1) is 0 Å². The molecule has 0 atom stereocenters. The van der Waals surface area contributed by atoms with Crippen LogP contribution in [0.5, 0.6) is 0 Å². The van der Waals surface area contributed by atoms with Gasteiger partial charge in [-0.15, -0.1) is 0 Å². The third-order valence-corrected chi connectivity index (χ3v) is 3.12. The van der Waals surface area contributed by atoms with Crippen LogP contribution in [0.4, 0.5) is 16.2 Å². The number of anilines is 2. The van der Waals surface area contributed by atoms with Crippen LogP contribution in [0.15, 0.2) is 61.1 Å². The molecule has 6 heteroatoms. The van der Waals surface area contributed by atoms with Gasteiger partial charge in [0.2, 0.25) is 0 Å². The van der Waals surface area contributed by atoms with Crippen molar-refractivity contribution in [2.45, 2.75) is 6.92 Å². The van der Waals surface area contributed by atoms with Crippen molar-refractivity contribution in [1.82, 2.24) is 15.0 Å². The zero-order chi connectivity index (χ0) is 16.1. The van der Waals surface area contributed by atoms with Gasteiger partial charge in [-0.1, -0.05) is 0 Å². The molecule has 2 heterocycles. The first-order chi connectivity index (χ1) is 11.2. The Kier molecular flexibility index (Phi) is 4.24. The lowest BCUT2D eigenvalue weighted by Crippen LogP contribution is -2.19. The Balaban J connectivity index is 1.65. The predicted octanol–water partition coefficient (Wildman–Crippen LogP) is 3.49. The average molecular weight is 305 g/mol. The lowest BCUT2D eigenvalue weighted by atomic mass is 10.2. The molecule has 2 N–H and O–H groups in total. The smallest absolute Gasteiger partial charge is 0.308 e. The van der Waals surface area contributed by atoms with Gasteiger partial charge in [0.25, 0.3) is 0 Å². The highest BCUT2D eigenvalue weighted by molar-refractivity contribution is 5.99. The van der Waals surface area contributed by atoms with E-state index in [1.54, 1.807) is 36.8 Å². The fourth-order valence-corrected chi connectivity index (χ4v) is 2.07. The number of benzene rings is 1. The van der Waals surface area contributed by atoms with E-state index < -0.39 is 0 Å². The third kappa shape index (κ3) is 3.88. The van der Waals surface area contributed by atoms with Crippen molar-refractivity contribution < 1.29 is 4.79 Å². The van der Waals surface area contributed by atoms with Gasteiger partial charge in [-0.2, -0.15) is 0 Å². The van der Waals surface area contributed by atoms with Crippen LogP contribution in [0.2, 0.25) is 0 Å². The number of pyridine rings is 1. The molecule has 0 spiro atoms. The minimum Gasteiger partial charge on any atom is -0.308 e. The van der Waals surface area contributed by atoms with E-state index in [0.717, 1.165) is 11.3 Å². The van der Waals surface area contributed by atoms with Crippen LogP contribution in [0.1, 0.15) is 5.69 Å². The highest BCUT2D eigenvalue weighted by Crippen LogP contribution is 2.17. The molecule has 0 saturated carbocycles. The summed E-state index contributed by atoms with van der Waals surface area (Å²) in [7, 11) is 0. The minimum atomic E-state index is -0.306. The van der Waals surface area contributed by atoms with Crippen molar-refractivity contribution in [3.8, 4) is 11.4 Å². The Morgan fingerprint density at radius 1 is 0.870 bits per heavy atom. The number of urea groups is 1. The highest BCUT2D eigenvalue weighted by atomic mass is 16.2. The standard InChI is InChI=1S/C17H15N5O/c1-12-11-15(7-10-18-12)22-17(23)21-14-5-3-13(4-6-14)16-19-8-2-9-20-16/h2-11H,1H3,(H2,18,21,22,23). The van der Waals surface area contributed by atoms with E-state index >= 15 is 0 Å². The second kappa shape index (κ2) is 6.65. The first kappa shape index (κ1) is 14.6. The number of amides is 2. The summed E-state index contributed by atoms with van der Waals surface area (Å²) in [5.41, 5.74) is 3.12.